The van der Waals surface area contributed by atoms with Crippen molar-refractivity contribution in [2.75, 3.05) is 13.2 Å². The summed E-state index contributed by atoms with van der Waals surface area (Å²) in [5.74, 6) is 0.845. The first-order chi connectivity index (χ1) is 11.9. The molecule has 8 atom stereocenters. The summed E-state index contributed by atoms with van der Waals surface area (Å²) >= 11 is 0. The van der Waals surface area contributed by atoms with Crippen molar-refractivity contribution in [2.45, 2.75) is 64.1 Å². The lowest BCUT2D eigenvalue weighted by Crippen LogP contribution is -2.74. The summed E-state index contributed by atoms with van der Waals surface area (Å²) in [5, 5.41) is 21.4. The molecular weight excluding hydrogens is 316 g/mol. The van der Waals surface area contributed by atoms with E-state index < -0.39 is 11.5 Å². The van der Waals surface area contributed by atoms with Gasteiger partial charge in [0.15, 0.2) is 5.78 Å². The van der Waals surface area contributed by atoms with Crippen LogP contribution < -0.4 is 0 Å². The monoisotopic (exact) mass is 346 g/mol. The highest BCUT2D eigenvalue weighted by atomic mass is 16.5. The molecule has 6 aliphatic rings. The fourth-order valence-corrected chi connectivity index (χ4v) is 8.12. The third kappa shape index (κ3) is 1.68. The van der Waals surface area contributed by atoms with Crippen LogP contribution in [0.25, 0.3) is 0 Å². The van der Waals surface area contributed by atoms with Gasteiger partial charge in [-0.05, 0) is 67.3 Å². The van der Waals surface area contributed by atoms with Crippen LogP contribution in [0.4, 0.5) is 0 Å². The SMILES string of the molecule is C=C1C(=O)[C@]23CC[C@H]1CC2[C@@]12CCC[C@@](C)(COC1CO)C2C[C@H]3O. The number of carbonyl (C=O) groups excluding carboxylic acids is 1. The number of carbonyl (C=O) groups is 1. The van der Waals surface area contributed by atoms with Gasteiger partial charge in [0.05, 0.1) is 30.8 Å². The molecule has 0 aromatic rings. The molecule has 4 bridgehead atoms. The summed E-state index contributed by atoms with van der Waals surface area (Å²) in [5.41, 5.74) is -0.0288. The van der Waals surface area contributed by atoms with E-state index in [1.807, 2.05) is 0 Å². The quantitative estimate of drug-likeness (QED) is 0.716. The Hall–Kier alpha value is -0.710. The minimum atomic E-state index is -0.672. The zero-order chi connectivity index (χ0) is 17.6. The molecule has 5 aliphatic carbocycles. The Bertz CT molecular complexity index is 644. The van der Waals surface area contributed by atoms with Crippen LogP contribution >= 0.6 is 0 Å². The minimum absolute atomic E-state index is 0.0229. The van der Waals surface area contributed by atoms with E-state index in [1.165, 1.54) is 0 Å². The number of hydrogen-bond donors (Lipinski definition) is 2. The van der Waals surface area contributed by atoms with Crippen molar-refractivity contribution in [3.8, 4) is 0 Å². The second kappa shape index (κ2) is 4.96. The standard InChI is InChI=1S/C21H30O4/c1-12-13-4-7-21(18(12)24)15(8-13)20-6-3-5-19(2,11-25-17(20)10-22)14(20)9-16(21)23/h13-17,22-23H,1,3-11H2,2H3/t13-,14?,15?,16+,17?,19-,20-,21+/m0/s1. The zero-order valence-electron chi connectivity index (χ0n) is 15.2. The summed E-state index contributed by atoms with van der Waals surface area (Å²) < 4.78 is 6.24. The lowest BCUT2D eigenvalue weighted by atomic mass is 9.34. The van der Waals surface area contributed by atoms with Crippen molar-refractivity contribution >= 4 is 5.78 Å². The molecule has 1 saturated heterocycles. The molecule has 1 heterocycles. The van der Waals surface area contributed by atoms with Crippen LogP contribution in [0.5, 0.6) is 0 Å². The average Bonchev–Trinajstić information content (AvgIpc) is 2.60. The number of aliphatic hydroxyl groups is 2. The van der Waals surface area contributed by atoms with Crippen LogP contribution in [0.2, 0.25) is 0 Å². The van der Waals surface area contributed by atoms with E-state index in [1.54, 1.807) is 0 Å². The van der Waals surface area contributed by atoms with E-state index >= 15 is 0 Å². The molecule has 0 aromatic heterocycles. The molecule has 5 saturated carbocycles. The van der Waals surface area contributed by atoms with Gasteiger partial charge in [-0.25, -0.2) is 0 Å². The second-order valence-corrected chi connectivity index (χ2v) is 9.82. The molecule has 0 radical (unpaired) electrons. The van der Waals surface area contributed by atoms with Gasteiger partial charge in [0, 0.05) is 5.41 Å². The molecule has 4 nitrogen and oxygen atoms in total. The second-order valence-electron chi connectivity index (χ2n) is 9.82. The third-order valence-corrected chi connectivity index (χ3v) is 9.19. The third-order valence-electron chi connectivity index (χ3n) is 9.19. The van der Waals surface area contributed by atoms with Crippen LogP contribution in [-0.2, 0) is 9.53 Å². The molecule has 1 spiro atoms. The van der Waals surface area contributed by atoms with Gasteiger partial charge in [-0.2, -0.15) is 0 Å². The highest BCUT2D eigenvalue weighted by molar-refractivity contribution is 6.02. The fraction of sp³-hybridized carbons (Fsp3) is 0.857. The number of allylic oxidation sites excluding steroid dienone is 1. The highest BCUT2D eigenvalue weighted by Gasteiger charge is 2.74. The number of rotatable bonds is 1. The summed E-state index contributed by atoms with van der Waals surface area (Å²) in [4.78, 5) is 13.3. The smallest absolute Gasteiger partial charge is 0.167 e. The number of ketones is 1. The maximum absolute atomic E-state index is 13.3. The number of ether oxygens (including phenoxy) is 1. The Balaban J connectivity index is 1.71. The van der Waals surface area contributed by atoms with Gasteiger partial charge in [-0.1, -0.05) is 19.9 Å². The Morgan fingerprint density at radius 2 is 2.04 bits per heavy atom. The summed E-state index contributed by atoms with van der Waals surface area (Å²) in [6.45, 7) is 7.08. The van der Waals surface area contributed by atoms with E-state index in [0.29, 0.717) is 18.9 Å². The largest absolute Gasteiger partial charge is 0.394 e. The van der Waals surface area contributed by atoms with Gasteiger partial charge in [0.1, 0.15) is 0 Å². The van der Waals surface area contributed by atoms with Crippen molar-refractivity contribution in [1.29, 1.82) is 0 Å². The van der Waals surface area contributed by atoms with Crippen LogP contribution in [0.15, 0.2) is 12.2 Å². The molecule has 0 amide bonds. The van der Waals surface area contributed by atoms with Crippen LogP contribution in [0.1, 0.15) is 51.9 Å². The molecule has 6 fully saturated rings. The van der Waals surface area contributed by atoms with Crippen molar-refractivity contribution in [3.63, 3.8) is 0 Å². The van der Waals surface area contributed by atoms with E-state index in [0.717, 1.165) is 44.1 Å². The van der Waals surface area contributed by atoms with Gasteiger partial charge in [0.2, 0.25) is 0 Å². The predicted octanol–water partition coefficient (Wildman–Crippen LogP) is 2.48. The molecule has 1 aliphatic heterocycles. The van der Waals surface area contributed by atoms with E-state index in [-0.39, 0.29) is 41.2 Å². The number of hydrogen-bond acceptors (Lipinski definition) is 4. The number of aliphatic hydroxyl groups excluding tert-OH is 2. The first kappa shape index (κ1) is 16.5. The summed E-state index contributed by atoms with van der Waals surface area (Å²) in [6, 6.07) is 0. The van der Waals surface area contributed by atoms with E-state index in [2.05, 4.69) is 13.5 Å². The van der Waals surface area contributed by atoms with Crippen molar-refractivity contribution in [3.05, 3.63) is 12.2 Å². The van der Waals surface area contributed by atoms with Gasteiger partial charge in [0.25, 0.3) is 0 Å². The molecule has 0 aromatic carbocycles. The first-order valence-electron chi connectivity index (χ1n) is 10.0. The first-order valence-corrected chi connectivity index (χ1v) is 10.0. The van der Waals surface area contributed by atoms with Crippen molar-refractivity contribution < 1.29 is 19.7 Å². The van der Waals surface area contributed by atoms with Gasteiger partial charge in [-0.15, -0.1) is 0 Å². The van der Waals surface area contributed by atoms with Crippen molar-refractivity contribution in [1.82, 2.24) is 0 Å². The Morgan fingerprint density at radius 3 is 2.80 bits per heavy atom. The van der Waals surface area contributed by atoms with E-state index in [4.69, 9.17) is 4.74 Å². The molecule has 3 unspecified atom stereocenters. The van der Waals surface area contributed by atoms with Gasteiger partial charge < -0.3 is 14.9 Å². The highest BCUT2D eigenvalue weighted by Crippen LogP contribution is 2.73. The normalized spacial score (nSPS) is 57.2. The van der Waals surface area contributed by atoms with Crippen LogP contribution in [0, 0.1) is 34.0 Å². The molecule has 138 valence electrons. The maximum atomic E-state index is 13.3. The minimum Gasteiger partial charge on any atom is -0.394 e. The molecule has 6 rings (SSSR count). The summed E-state index contributed by atoms with van der Waals surface area (Å²) in [6.07, 6.45) is 5.88. The maximum Gasteiger partial charge on any atom is 0.167 e. The van der Waals surface area contributed by atoms with Gasteiger partial charge in [-0.3, -0.25) is 4.79 Å². The van der Waals surface area contributed by atoms with Crippen LogP contribution in [-0.4, -0.2) is 41.4 Å². The molecule has 2 N–H and O–H groups in total. The Morgan fingerprint density at radius 1 is 1.24 bits per heavy atom. The molecule has 25 heavy (non-hydrogen) atoms. The fourth-order valence-electron chi connectivity index (χ4n) is 8.12. The summed E-state index contributed by atoms with van der Waals surface area (Å²) in [7, 11) is 0. The predicted molar refractivity (Wildman–Crippen MR) is 92.7 cm³/mol. The Kier molecular flexibility index (Phi) is 3.27. The zero-order valence-corrected chi connectivity index (χ0v) is 15.2. The number of Topliss-reactive ketones (excluding diaryl/α,β-unsaturated/α-hetero) is 1. The molecule has 4 heteroatoms. The van der Waals surface area contributed by atoms with Crippen molar-refractivity contribution in [2.24, 2.45) is 34.0 Å². The van der Waals surface area contributed by atoms with Gasteiger partial charge >= 0.3 is 0 Å². The van der Waals surface area contributed by atoms with Crippen LogP contribution in [0.3, 0.4) is 0 Å². The van der Waals surface area contributed by atoms with E-state index in [9.17, 15) is 15.0 Å². The lowest BCUT2D eigenvalue weighted by Gasteiger charge is -2.72. The topological polar surface area (TPSA) is 66.8 Å². The number of fused-ring (bicyclic) bond motifs is 2. The Labute approximate surface area is 149 Å². The molecular formula is C21H30O4. The average molecular weight is 346 g/mol. The lowest BCUT2D eigenvalue weighted by molar-refractivity contribution is -0.300.